The van der Waals surface area contributed by atoms with Crippen molar-refractivity contribution < 1.29 is 23.9 Å². The second-order valence-corrected chi connectivity index (χ2v) is 8.23. The summed E-state index contributed by atoms with van der Waals surface area (Å²) in [5.74, 6) is -0.329. The number of aliphatic hydroxyl groups excluding tert-OH is 2. The van der Waals surface area contributed by atoms with Crippen molar-refractivity contribution in [1.82, 2.24) is 29.8 Å². The second-order valence-electron chi connectivity index (χ2n) is 8.23. The Kier molecular flexibility index (Phi) is 5.19. The molecule has 0 spiro atoms. The van der Waals surface area contributed by atoms with Crippen LogP contribution in [0.1, 0.15) is 21.5 Å². The molecule has 11 heteroatoms. The summed E-state index contributed by atoms with van der Waals surface area (Å²) in [6.07, 6.45) is -1.47. The molecule has 0 radical (unpaired) electrons. The second kappa shape index (κ2) is 9.37. The molecule has 1 amide bonds. The molecule has 4 atom stereocenters. The highest BCUT2D eigenvalue weighted by Crippen LogP contribution is 2.33. The van der Waals surface area contributed by atoms with Crippen molar-refractivity contribution in [3.05, 3.63) is 66.2 Å². The van der Waals surface area contributed by atoms with Crippen LogP contribution in [0, 0.1) is 6.92 Å². The van der Waals surface area contributed by atoms with Crippen molar-refractivity contribution in [3.8, 4) is 11.4 Å². The van der Waals surface area contributed by atoms with Crippen LogP contribution in [0.4, 0.5) is 5.82 Å². The molecule has 1 saturated heterocycles. The van der Waals surface area contributed by atoms with Gasteiger partial charge in [-0.25, -0.2) is 15.0 Å². The fraction of sp³-hybridized carbons (Fsp3) is 0.292. The van der Waals surface area contributed by atoms with Gasteiger partial charge in [-0.3, -0.25) is 14.3 Å². The predicted molar refractivity (Wildman–Crippen MR) is 127 cm³/mol. The molecule has 0 unspecified atom stereocenters. The quantitative estimate of drug-likeness (QED) is 0.321. The molecule has 1 fully saturated rings. The Labute approximate surface area is 205 Å². The van der Waals surface area contributed by atoms with Crippen LogP contribution in [-0.4, -0.2) is 65.9 Å². The topological polar surface area (TPSA) is 147 Å². The summed E-state index contributed by atoms with van der Waals surface area (Å²) in [6.45, 7) is -0.444. The Morgan fingerprint density at radius 2 is 2.03 bits per heavy atom. The van der Waals surface area contributed by atoms with Gasteiger partial charge in [-0.05, 0) is 24.1 Å². The van der Waals surface area contributed by atoms with Crippen LogP contribution < -0.4 is 10.6 Å². The number of rotatable bonds is 6. The molecule has 4 N–H and O–H groups in total. The van der Waals surface area contributed by atoms with Crippen LogP contribution in [0.2, 0.25) is 0 Å². The number of amides is 1. The highest BCUT2D eigenvalue weighted by Gasteiger charge is 2.47. The number of imidazole rings is 1. The molecule has 5 rings (SSSR count). The van der Waals surface area contributed by atoms with Gasteiger partial charge >= 0.3 is 0 Å². The molecule has 0 aliphatic carbocycles. The first kappa shape index (κ1) is 19.4. The summed E-state index contributed by atoms with van der Waals surface area (Å²) in [6, 6.07) is 11.6. The van der Waals surface area contributed by atoms with Gasteiger partial charge in [0.25, 0.3) is 5.91 Å². The Morgan fingerprint density at radius 3 is 2.80 bits per heavy atom. The Bertz CT molecular complexity index is 1460. The highest BCUT2D eigenvalue weighted by atomic mass is 16.6. The first-order valence-corrected chi connectivity index (χ1v) is 10.9. The standard InChI is InChI=1S/C24H25N7O4/c1-13-8-15(11-26-9-13)20-29-21(27-10-14-6-4-3-5-7-14)16-22(30-20)31(12-28-16)24-18(33)17(32)19(35-24)23(34)25-2/h3-9,11-12,17-19,24,32-33H,10H2,1-2H3,(H,25,34)(H,27,29,30)/t17-,18+,19-,24+/m0/s1/i2D3. The van der Waals surface area contributed by atoms with E-state index in [1.165, 1.54) is 10.9 Å². The zero-order valence-corrected chi connectivity index (χ0v) is 18.7. The maximum atomic E-state index is 12.4. The van der Waals surface area contributed by atoms with Gasteiger partial charge in [-0.15, -0.1) is 0 Å². The number of anilines is 1. The van der Waals surface area contributed by atoms with E-state index < -0.39 is 37.4 Å². The van der Waals surface area contributed by atoms with Gasteiger partial charge in [0.15, 0.2) is 35.1 Å². The lowest BCUT2D eigenvalue weighted by molar-refractivity contribution is -0.137. The molecule has 0 bridgehead atoms. The lowest BCUT2D eigenvalue weighted by Crippen LogP contribution is -2.41. The molecule has 0 saturated carbocycles. The van der Waals surface area contributed by atoms with Gasteiger partial charge in [0, 0.05) is 35.6 Å². The summed E-state index contributed by atoms with van der Waals surface area (Å²) >= 11 is 0. The Morgan fingerprint density at radius 1 is 1.20 bits per heavy atom. The first-order valence-electron chi connectivity index (χ1n) is 12.4. The van der Waals surface area contributed by atoms with Gasteiger partial charge < -0.3 is 25.6 Å². The first-order chi connectivity index (χ1) is 18.1. The zero-order chi connectivity index (χ0) is 27.0. The van der Waals surface area contributed by atoms with Crippen LogP contribution >= 0.6 is 0 Å². The van der Waals surface area contributed by atoms with Gasteiger partial charge in [0.2, 0.25) is 0 Å². The third kappa shape index (κ3) is 4.32. The molecule has 180 valence electrons. The number of pyridine rings is 1. The number of aryl methyl sites for hydroxylation is 1. The minimum Gasteiger partial charge on any atom is -0.387 e. The van der Waals surface area contributed by atoms with Crippen molar-refractivity contribution in [2.75, 3.05) is 12.3 Å². The van der Waals surface area contributed by atoms with E-state index >= 15 is 0 Å². The number of aromatic nitrogens is 5. The Hall–Kier alpha value is -3.93. The molecule has 1 aromatic carbocycles. The maximum absolute atomic E-state index is 12.4. The molecular weight excluding hydrogens is 450 g/mol. The highest BCUT2D eigenvalue weighted by molar-refractivity contribution is 5.85. The molecule has 11 nitrogen and oxygen atoms in total. The summed E-state index contributed by atoms with van der Waals surface area (Å²) < 4.78 is 28.8. The molecule has 35 heavy (non-hydrogen) atoms. The molecule has 4 aromatic rings. The molecule has 1 aliphatic heterocycles. The van der Waals surface area contributed by atoms with Crippen LogP contribution in [0.25, 0.3) is 22.6 Å². The van der Waals surface area contributed by atoms with E-state index in [2.05, 4.69) is 25.3 Å². The number of carbonyl (C=O) groups excluding carboxylic acids is 1. The number of hydrogen-bond donors (Lipinski definition) is 4. The van der Waals surface area contributed by atoms with Crippen molar-refractivity contribution in [1.29, 1.82) is 0 Å². The minimum atomic E-state index is -2.78. The Balaban J connectivity index is 1.54. The summed E-state index contributed by atoms with van der Waals surface area (Å²) in [4.78, 5) is 30.3. The number of benzene rings is 1. The summed E-state index contributed by atoms with van der Waals surface area (Å²) in [5.41, 5.74) is 3.19. The third-order valence-corrected chi connectivity index (χ3v) is 5.75. The van der Waals surface area contributed by atoms with Crippen molar-refractivity contribution in [2.24, 2.45) is 0 Å². The number of fused-ring (bicyclic) bond motifs is 1. The van der Waals surface area contributed by atoms with Crippen molar-refractivity contribution in [2.45, 2.75) is 38.0 Å². The van der Waals surface area contributed by atoms with E-state index in [1.807, 2.05) is 43.3 Å². The fourth-order valence-electron chi connectivity index (χ4n) is 3.99. The number of nitrogens with zero attached hydrogens (tertiary/aromatic N) is 5. The summed E-state index contributed by atoms with van der Waals surface area (Å²) in [7, 11) is 0. The third-order valence-electron chi connectivity index (χ3n) is 5.75. The SMILES string of the molecule is [2H]C([2H])([2H])NC(=O)[C@H]1O[C@@H](n2cnc3c(NCc4ccccc4)nc(-c4cncc(C)c4)nc32)[C@H](O)[C@@H]1O. The monoisotopic (exact) mass is 478 g/mol. The number of ether oxygens (including phenoxy) is 1. The van der Waals surface area contributed by atoms with E-state index in [4.69, 9.17) is 8.85 Å². The van der Waals surface area contributed by atoms with Gasteiger partial charge in [-0.2, -0.15) is 0 Å². The average Bonchev–Trinajstić information content (AvgIpc) is 3.43. The molecule has 3 aromatic heterocycles. The average molecular weight is 479 g/mol. The van der Waals surface area contributed by atoms with E-state index in [0.717, 1.165) is 11.1 Å². The normalized spacial score (nSPS) is 23.5. The number of nitrogens with one attached hydrogen (secondary N) is 2. The number of likely N-dealkylation sites (N-methyl/N-ethyl adjacent to an activating group) is 1. The molecular formula is C24H25N7O4. The predicted octanol–water partition coefficient (Wildman–Crippen LogP) is 1.17. The van der Waals surface area contributed by atoms with Crippen molar-refractivity contribution >= 4 is 22.9 Å². The smallest absolute Gasteiger partial charge is 0.251 e. The fourth-order valence-corrected chi connectivity index (χ4v) is 3.99. The number of carbonyl (C=O) groups is 1. The van der Waals surface area contributed by atoms with Crippen molar-refractivity contribution in [3.63, 3.8) is 0 Å². The summed E-state index contributed by atoms with van der Waals surface area (Å²) in [5, 5.41) is 26.3. The van der Waals surface area contributed by atoms with E-state index in [0.29, 0.717) is 29.3 Å². The largest absolute Gasteiger partial charge is 0.387 e. The van der Waals surface area contributed by atoms with Crippen LogP contribution in [0.5, 0.6) is 0 Å². The van der Waals surface area contributed by atoms with Gasteiger partial charge in [0.1, 0.15) is 12.2 Å². The number of hydrogen-bond acceptors (Lipinski definition) is 9. The van der Waals surface area contributed by atoms with E-state index in [9.17, 15) is 15.0 Å². The molecule has 1 aliphatic rings. The van der Waals surface area contributed by atoms with Gasteiger partial charge in [0.05, 0.1) is 6.33 Å². The van der Waals surface area contributed by atoms with E-state index in [-0.39, 0.29) is 5.65 Å². The maximum Gasteiger partial charge on any atom is 0.251 e. The minimum absolute atomic E-state index is 0.264. The van der Waals surface area contributed by atoms with E-state index in [1.54, 1.807) is 17.7 Å². The van der Waals surface area contributed by atoms with Crippen LogP contribution in [0.15, 0.2) is 55.1 Å². The van der Waals surface area contributed by atoms with Crippen LogP contribution in [-0.2, 0) is 16.1 Å². The zero-order valence-electron chi connectivity index (χ0n) is 21.7. The lowest BCUT2D eigenvalue weighted by Gasteiger charge is -2.17. The number of aliphatic hydroxyl groups is 2. The lowest BCUT2D eigenvalue weighted by atomic mass is 10.1. The molecule has 4 heterocycles. The van der Waals surface area contributed by atoms with Gasteiger partial charge in [-0.1, -0.05) is 30.3 Å². The van der Waals surface area contributed by atoms with Crippen LogP contribution in [0.3, 0.4) is 0 Å².